The van der Waals surface area contributed by atoms with Gasteiger partial charge in [-0.15, -0.1) is 0 Å². The molecule has 98 valence electrons. The second-order valence-electron chi connectivity index (χ2n) is 4.06. The van der Waals surface area contributed by atoms with Gasteiger partial charge in [-0.3, -0.25) is 9.48 Å². The lowest BCUT2D eigenvalue weighted by Crippen LogP contribution is -2.08. The maximum absolute atomic E-state index is 11.7. The van der Waals surface area contributed by atoms with E-state index in [1.165, 1.54) is 6.08 Å². The minimum absolute atomic E-state index is 0.0471. The van der Waals surface area contributed by atoms with Gasteiger partial charge in [0, 0.05) is 25.0 Å². The van der Waals surface area contributed by atoms with Gasteiger partial charge in [-0.2, -0.15) is 5.10 Å². The molecule has 0 atom stereocenters. The summed E-state index contributed by atoms with van der Waals surface area (Å²) in [6.45, 7) is -0.0471. The van der Waals surface area contributed by atoms with Crippen LogP contribution in [0.1, 0.15) is 11.3 Å². The van der Waals surface area contributed by atoms with Crippen molar-refractivity contribution in [3.05, 3.63) is 53.9 Å². The number of carbonyl (C=O) groups is 1. The van der Waals surface area contributed by atoms with Gasteiger partial charge in [-0.1, -0.05) is 12.1 Å². The van der Waals surface area contributed by atoms with Crippen LogP contribution in [0.2, 0.25) is 0 Å². The zero-order chi connectivity index (χ0) is 13.7. The van der Waals surface area contributed by atoms with Crippen LogP contribution < -0.4 is 5.32 Å². The Bertz CT molecular complexity index is 602. The molecule has 0 unspecified atom stereocenters. The number of aliphatic hydroxyl groups is 1. The third-order valence-corrected chi connectivity index (χ3v) is 2.64. The van der Waals surface area contributed by atoms with Crippen molar-refractivity contribution >= 4 is 17.7 Å². The van der Waals surface area contributed by atoms with Crippen LogP contribution in [0, 0.1) is 0 Å². The molecule has 2 rings (SSSR count). The second kappa shape index (κ2) is 5.97. The number of benzene rings is 1. The third kappa shape index (κ3) is 3.53. The van der Waals surface area contributed by atoms with Gasteiger partial charge in [0.25, 0.3) is 0 Å². The topological polar surface area (TPSA) is 67.2 Å². The minimum Gasteiger partial charge on any atom is -0.392 e. The molecule has 1 amide bonds. The van der Waals surface area contributed by atoms with Crippen LogP contribution in [0.3, 0.4) is 0 Å². The molecular weight excluding hydrogens is 242 g/mol. The summed E-state index contributed by atoms with van der Waals surface area (Å²) in [7, 11) is 1.81. The number of hydrogen-bond acceptors (Lipinski definition) is 3. The van der Waals surface area contributed by atoms with Gasteiger partial charge in [-0.05, 0) is 29.8 Å². The van der Waals surface area contributed by atoms with Gasteiger partial charge in [0.15, 0.2) is 0 Å². The summed E-state index contributed by atoms with van der Waals surface area (Å²) in [6.07, 6.45) is 4.81. The molecular formula is C14H15N3O2. The fourth-order valence-electron chi connectivity index (χ4n) is 1.64. The zero-order valence-corrected chi connectivity index (χ0v) is 10.6. The van der Waals surface area contributed by atoms with Crippen molar-refractivity contribution in [2.24, 2.45) is 7.05 Å². The number of nitrogens with one attached hydrogen (secondary N) is 1. The van der Waals surface area contributed by atoms with Crippen LogP contribution in [0.4, 0.5) is 5.69 Å². The Morgan fingerprint density at radius 3 is 3.00 bits per heavy atom. The molecule has 0 saturated heterocycles. The lowest BCUT2D eigenvalue weighted by Gasteiger charge is -2.03. The minimum atomic E-state index is -0.226. The predicted octanol–water partition coefficient (Wildman–Crippen LogP) is 1.56. The number of anilines is 1. The first-order valence-corrected chi connectivity index (χ1v) is 5.86. The Kier molecular flexibility index (Phi) is 4.10. The van der Waals surface area contributed by atoms with E-state index in [0.717, 1.165) is 11.3 Å². The largest absolute Gasteiger partial charge is 0.392 e. The number of rotatable bonds is 4. The van der Waals surface area contributed by atoms with E-state index in [0.29, 0.717) is 5.69 Å². The first-order chi connectivity index (χ1) is 9.19. The highest BCUT2D eigenvalue weighted by atomic mass is 16.3. The maximum atomic E-state index is 11.7. The predicted molar refractivity (Wildman–Crippen MR) is 73.2 cm³/mol. The highest BCUT2D eigenvalue weighted by molar-refractivity contribution is 6.01. The molecule has 19 heavy (non-hydrogen) atoms. The smallest absolute Gasteiger partial charge is 0.248 e. The van der Waals surface area contributed by atoms with E-state index in [1.54, 1.807) is 41.2 Å². The Morgan fingerprint density at radius 2 is 2.32 bits per heavy atom. The zero-order valence-electron chi connectivity index (χ0n) is 10.6. The molecule has 0 fully saturated rings. The van der Waals surface area contributed by atoms with E-state index in [1.807, 2.05) is 13.1 Å². The Morgan fingerprint density at radius 1 is 1.47 bits per heavy atom. The van der Waals surface area contributed by atoms with E-state index in [9.17, 15) is 4.79 Å². The number of carbonyl (C=O) groups excluding carboxylic acids is 1. The van der Waals surface area contributed by atoms with Gasteiger partial charge in [0.2, 0.25) is 5.91 Å². The molecule has 0 aliphatic rings. The molecule has 2 N–H and O–H groups in total. The molecule has 0 aliphatic heterocycles. The van der Waals surface area contributed by atoms with Gasteiger partial charge >= 0.3 is 0 Å². The fourth-order valence-corrected chi connectivity index (χ4v) is 1.64. The molecule has 1 aromatic carbocycles. The average molecular weight is 257 g/mol. The standard InChI is InChI=1S/C14H15N3O2/c1-17-13(7-8-15-17)5-6-14(19)16-12-4-2-3-11(9-12)10-18/h2-9,18H,10H2,1H3,(H,16,19)/b6-5+. The summed E-state index contributed by atoms with van der Waals surface area (Å²) in [5.74, 6) is -0.226. The molecule has 1 aromatic heterocycles. The molecule has 0 bridgehead atoms. The van der Waals surface area contributed by atoms with E-state index in [4.69, 9.17) is 5.11 Å². The maximum Gasteiger partial charge on any atom is 0.248 e. The number of aromatic nitrogens is 2. The van der Waals surface area contributed by atoms with Crippen molar-refractivity contribution in [3.63, 3.8) is 0 Å². The monoisotopic (exact) mass is 257 g/mol. The van der Waals surface area contributed by atoms with E-state index in [-0.39, 0.29) is 12.5 Å². The summed E-state index contributed by atoms with van der Waals surface area (Å²) in [5, 5.41) is 15.8. The van der Waals surface area contributed by atoms with Crippen LogP contribution in [0.25, 0.3) is 6.08 Å². The summed E-state index contributed by atoms with van der Waals surface area (Å²) in [4.78, 5) is 11.7. The van der Waals surface area contributed by atoms with Crippen LogP contribution in [-0.2, 0) is 18.4 Å². The molecule has 2 aromatic rings. The lowest BCUT2D eigenvalue weighted by molar-refractivity contribution is -0.111. The van der Waals surface area contributed by atoms with Crippen LogP contribution in [-0.4, -0.2) is 20.8 Å². The first-order valence-electron chi connectivity index (χ1n) is 5.86. The van der Waals surface area contributed by atoms with Crippen molar-refractivity contribution in [1.29, 1.82) is 0 Å². The average Bonchev–Trinajstić information content (AvgIpc) is 2.82. The molecule has 1 heterocycles. The summed E-state index contributed by atoms with van der Waals surface area (Å²) in [5.41, 5.74) is 2.26. The van der Waals surface area contributed by atoms with Crippen molar-refractivity contribution in [1.82, 2.24) is 9.78 Å². The quantitative estimate of drug-likeness (QED) is 0.817. The Hall–Kier alpha value is -2.40. The van der Waals surface area contributed by atoms with Crippen molar-refractivity contribution in [2.75, 3.05) is 5.32 Å². The van der Waals surface area contributed by atoms with Crippen LogP contribution in [0.5, 0.6) is 0 Å². The number of nitrogens with zero attached hydrogens (tertiary/aromatic N) is 2. The van der Waals surface area contributed by atoms with E-state index in [2.05, 4.69) is 10.4 Å². The van der Waals surface area contributed by atoms with Gasteiger partial charge in [-0.25, -0.2) is 0 Å². The summed E-state index contributed by atoms with van der Waals surface area (Å²) < 4.78 is 1.68. The summed E-state index contributed by atoms with van der Waals surface area (Å²) in [6, 6.07) is 8.90. The number of aryl methyl sites for hydroxylation is 1. The number of hydrogen-bond donors (Lipinski definition) is 2. The highest BCUT2D eigenvalue weighted by Crippen LogP contribution is 2.10. The van der Waals surface area contributed by atoms with Crippen LogP contribution >= 0.6 is 0 Å². The van der Waals surface area contributed by atoms with Crippen molar-refractivity contribution in [3.8, 4) is 0 Å². The summed E-state index contributed by atoms with van der Waals surface area (Å²) >= 11 is 0. The first kappa shape index (κ1) is 13.0. The molecule has 5 nitrogen and oxygen atoms in total. The van der Waals surface area contributed by atoms with Gasteiger partial charge in [0.05, 0.1) is 12.3 Å². The van der Waals surface area contributed by atoms with Crippen molar-refractivity contribution in [2.45, 2.75) is 6.61 Å². The SMILES string of the molecule is Cn1nccc1/C=C/C(=O)Nc1cccc(CO)c1. The van der Waals surface area contributed by atoms with Crippen LogP contribution in [0.15, 0.2) is 42.6 Å². The van der Waals surface area contributed by atoms with Crippen molar-refractivity contribution < 1.29 is 9.90 Å². The molecule has 0 spiro atoms. The Balaban J connectivity index is 2.01. The molecule has 0 radical (unpaired) electrons. The number of amides is 1. The third-order valence-electron chi connectivity index (χ3n) is 2.64. The second-order valence-corrected chi connectivity index (χ2v) is 4.06. The van der Waals surface area contributed by atoms with Gasteiger partial charge in [0.1, 0.15) is 0 Å². The fraction of sp³-hybridized carbons (Fsp3) is 0.143. The highest BCUT2D eigenvalue weighted by Gasteiger charge is 2.00. The van der Waals surface area contributed by atoms with Gasteiger partial charge < -0.3 is 10.4 Å². The van der Waals surface area contributed by atoms with E-state index >= 15 is 0 Å². The normalized spacial score (nSPS) is 10.8. The number of aliphatic hydroxyl groups excluding tert-OH is 1. The molecule has 5 heteroatoms. The Labute approximate surface area is 111 Å². The molecule has 0 aliphatic carbocycles. The van der Waals surface area contributed by atoms with E-state index < -0.39 is 0 Å². The molecule has 0 saturated carbocycles. The lowest BCUT2D eigenvalue weighted by atomic mass is 10.2.